The number of hydrogen-bond acceptors (Lipinski definition) is 1. The zero-order valence-electron chi connectivity index (χ0n) is 8.61. The van der Waals surface area contributed by atoms with E-state index in [0.717, 1.165) is 0 Å². The lowest BCUT2D eigenvalue weighted by atomic mass is 10.1. The molecule has 0 aromatic heterocycles. The summed E-state index contributed by atoms with van der Waals surface area (Å²) in [6, 6.07) is 0. The number of aldehydes is 1. The first-order valence-electron chi connectivity index (χ1n) is 4.54. The lowest BCUT2D eigenvalue weighted by Crippen LogP contribution is -2.09. The van der Waals surface area contributed by atoms with Crippen LogP contribution in [0.4, 0.5) is 17.6 Å². The first kappa shape index (κ1) is 14.6. The molecular weight excluding hydrogens is 224 g/mol. The fourth-order valence-electron chi connectivity index (χ4n) is 0.954. The monoisotopic (exact) mass is 236 g/mol. The van der Waals surface area contributed by atoms with Crippen LogP contribution in [0.15, 0.2) is 36.2 Å². The third-order valence-corrected chi connectivity index (χ3v) is 1.83. The Bertz CT molecular complexity index is 312. The van der Waals surface area contributed by atoms with E-state index in [1.807, 2.05) is 0 Å². The molecule has 5 heteroatoms. The summed E-state index contributed by atoms with van der Waals surface area (Å²) in [5, 5.41) is 0. The lowest BCUT2D eigenvalue weighted by molar-refractivity contribution is -0.107. The van der Waals surface area contributed by atoms with Gasteiger partial charge in [0, 0.05) is 12.0 Å². The van der Waals surface area contributed by atoms with E-state index in [9.17, 15) is 22.4 Å². The third-order valence-electron chi connectivity index (χ3n) is 1.83. The van der Waals surface area contributed by atoms with Gasteiger partial charge in [0.25, 0.3) is 0 Å². The Hall–Kier alpha value is -1.39. The van der Waals surface area contributed by atoms with Gasteiger partial charge < -0.3 is 4.79 Å². The van der Waals surface area contributed by atoms with E-state index in [2.05, 4.69) is 13.2 Å². The van der Waals surface area contributed by atoms with Crippen LogP contribution in [0.2, 0.25) is 0 Å². The number of carbonyl (C=O) groups is 1. The average molecular weight is 236 g/mol. The van der Waals surface area contributed by atoms with E-state index in [0.29, 0.717) is 12.4 Å². The van der Waals surface area contributed by atoms with Crippen molar-refractivity contribution in [2.75, 3.05) is 0 Å². The first-order valence-corrected chi connectivity index (χ1v) is 4.54. The van der Waals surface area contributed by atoms with Crippen LogP contribution in [0.3, 0.4) is 0 Å². The Balaban J connectivity index is 4.65. The molecule has 1 nitrogen and oxygen atoms in total. The van der Waals surface area contributed by atoms with Gasteiger partial charge in [0.1, 0.15) is 12.1 Å². The second kappa shape index (κ2) is 6.25. The molecule has 0 aliphatic carbocycles. The highest BCUT2D eigenvalue weighted by Gasteiger charge is 2.30. The van der Waals surface area contributed by atoms with E-state index < -0.39 is 17.6 Å². The van der Waals surface area contributed by atoms with Crippen molar-refractivity contribution in [2.24, 2.45) is 0 Å². The molecule has 0 aliphatic rings. The van der Waals surface area contributed by atoms with Crippen molar-refractivity contribution in [3.63, 3.8) is 0 Å². The summed E-state index contributed by atoms with van der Waals surface area (Å²) in [5.41, 5.74) is -1.31. The molecule has 0 atom stereocenters. The van der Waals surface area contributed by atoms with Gasteiger partial charge in [-0.15, -0.1) is 0 Å². The maximum Gasteiger partial charge on any atom is 0.415 e. The minimum absolute atomic E-state index is 0.0309. The maximum atomic E-state index is 12.8. The largest absolute Gasteiger partial charge is 0.415 e. The molecule has 0 rings (SSSR count). The van der Waals surface area contributed by atoms with Crippen LogP contribution in [0.5, 0.6) is 0 Å². The van der Waals surface area contributed by atoms with Gasteiger partial charge in [-0.1, -0.05) is 13.2 Å². The second-order valence-electron chi connectivity index (χ2n) is 3.16. The van der Waals surface area contributed by atoms with Crippen molar-refractivity contribution in [3.05, 3.63) is 36.2 Å². The van der Waals surface area contributed by atoms with Crippen LogP contribution in [-0.2, 0) is 4.79 Å². The molecule has 0 N–H and O–H groups in total. The average Bonchev–Trinajstić information content (AvgIpc) is 2.14. The highest BCUT2D eigenvalue weighted by molar-refractivity contribution is 5.49. The summed E-state index contributed by atoms with van der Waals surface area (Å²) < 4.78 is 49.1. The van der Waals surface area contributed by atoms with Gasteiger partial charge in [-0.25, -0.2) is 4.39 Å². The Labute approximate surface area is 91.1 Å². The normalized spacial score (nSPS) is 12.4. The molecular formula is C11H12F4O. The summed E-state index contributed by atoms with van der Waals surface area (Å²) in [4.78, 5) is 10.0. The van der Waals surface area contributed by atoms with Gasteiger partial charge in [-0.05, 0) is 24.5 Å². The van der Waals surface area contributed by atoms with E-state index in [1.165, 1.54) is 0 Å². The standard InChI is InChI=1S/C11H12F4O/c1-8(11(13,14)15)7-10(9(2)12)5-3-4-6-16/h6-7H,1-5H2/b10-7-. The van der Waals surface area contributed by atoms with Crippen molar-refractivity contribution in [1.82, 2.24) is 0 Å². The molecule has 0 saturated carbocycles. The van der Waals surface area contributed by atoms with Crippen molar-refractivity contribution in [2.45, 2.75) is 25.4 Å². The molecule has 0 unspecified atom stereocenters. The van der Waals surface area contributed by atoms with Crippen molar-refractivity contribution in [3.8, 4) is 0 Å². The minimum atomic E-state index is -4.58. The van der Waals surface area contributed by atoms with Crippen LogP contribution in [0.1, 0.15) is 19.3 Å². The topological polar surface area (TPSA) is 17.1 Å². The zero-order chi connectivity index (χ0) is 12.8. The number of rotatable bonds is 6. The molecule has 0 radical (unpaired) electrons. The molecule has 0 heterocycles. The highest BCUT2D eigenvalue weighted by atomic mass is 19.4. The Morgan fingerprint density at radius 1 is 1.25 bits per heavy atom. The number of carbonyl (C=O) groups excluding carboxylic acids is 1. The summed E-state index contributed by atoms with van der Waals surface area (Å²) >= 11 is 0. The van der Waals surface area contributed by atoms with Crippen molar-refractivity contribution < 1.29 is 22.4 Å². The molecule has 0 aromatic rings. The second-order valence-corrected chi connectivity index (χ2v) is 3.16. The Morgan fingerprint density at radius 3 is 2.19 bits per heavy atom. The smallest absolute Gasteiger partial charge is 0.303 e. The Morgan fingerprint density at radius 2 is 1.81 bits per heavy atom. The molecule has 0 aromatic carbocycles. The first-order chi connectivity index (χ1) is 7.29. The van der Waals surface area contributed by atoms with E-state index in [1.54, 1.807) is 0 Å². The molecule has 0 bridgehead atoms. The molecule has 0 amide bonds. The lowest BCUT2D eigenvalue weighted by Gasteiger charge is -2.08. The predicted octanol–water partition coefficient (Wildman–Crippen LogP) is 3.88. The van der Waals surface area contributed by atoms with Crippen LogP contribution < -0.4 is 0 Å². The fourth-order valence-corrected chi connectivity index (χ4v) is 0.954. The number of halogens is 4. The van der Waals surface area contributed by atoms with Gasteiger partial charge in [0.15, 0.2) is 0 Å². The van der Waals surface area contributed by atoms with E-state index in [4.69, 9.17) is 0 Å². The van der Waals surface area contributed by atoms with Crippen LogP contribution in [0, 0.1) is 0 Å². The number of hydrogen-bond donors (Lipinski definition) is 0. The summed E-state index contributed by atoms with van der Waals surface area (Å²) in [6.45, 7) is 5.74. The van der Waals surface area contributed by atoms with Crippen molar-refractivity contribution >= 4 is 6.29 Å². The van der Waals surface area contributed by atoms with Gasteiger partial charge in [0.2, 0.25) is 0 Å². The SMILES string of the molecule is C=C(F)/C(=C\C(=C)C(F)(F)F)CCCC=O. The molecule has 16 heavy (non-hydrogen) atoms. The molecule has 90 valence electrons. The molecule has 0 fully saturated rings. The number of alkyl halides is 3. The van der Waals surface area contributed by atoms with Crippen LogP contribution in [0.25, 0.3) is 0 Å². The molecule has 0 aliphatic heterocycles. The summed E-state index contributed by atoms with van der Waals surface area (Å²) in [7, 11) is 0. The minimum Gasteiger partial charge on any atom is -0.303 e. The zero-order valence-corrected chi connectivity index (χ0v) is 8.61. The molecule has 0 spiro atoms. The summed E-state index contributed by atoms with van der Waals surface area (Å²) in [6.07, 6.45) is -2.86. The third kappa shape index (κ3) is 5.48. The number of allylic oxidation sites excluding steroid dienone is 4. The maximum absolute atomic E-state index is 12.8. The van der Waals surface area contributed by atoms with Crippen LogP contribution >= 0.6 is 0 Å². The highest BCUT2D eigenvalue weighted by Crippen LogP contribution is 2.28. The van der Waals surface area contributed by atoms with E-state index in [-0.39, 0.29) is 24.8 Å². The fraction of sp³-hybridized carbons (Fsp3) is 0.364. The summed E-state index contributed by atoms with van der Waals surface area (Å²) in [5.74, 6) is -0.934. The molecule has 0 saturated heterocycles. The van der Waals surface area contributed by atoms with Crippen LogP contribution in [-0.4, -0.2) is 12.5 Å². The van der Waals surface area contributed by atoms with Gasteiger partial charge in [-0.3, -0.25) is 0 Å². The van der Waals surface area contributed by atoms with Gasteiger partial charge in [-0.2, -0.15) is 13.2 Å². The van der Waals surface area contributed by atoms with E-state index >= 15 is 0 Å². The predicted molar refractivity (Wildman–Crippen MR) is 53.4 cm³/mol. The van der Waals surface area contributed by atoms with Gasteiger partial charge in [0.05, 0.1) is 0 Å². The van der Waals surface area contributed by atoms with Gasteiger partial charge >= 0.3 is 6.18 Å². The number of unbranched alkanes of at least 4 members (excludes halogenated alkanes) is 1. The van der Waals surface area contributed by atoms with Crippen molar-refractivity contribution in [1.29, 1.82) is 0 Å². The quantitative estimate of drug-likeness (QED) is 0.296. The Kier molecular flexibility index (Phi) is 5.71.